The van der Waals surface area contributed by atoms with Gasteiger partial charge in [0, 0.05) is 29.2 Å². The minimum atomic E-state index is -0.529. The van der Waals surface area contributed by atoms with Gasteiger partial charge in [-0.25, -0.2) is 4.57 Å². The predicted octanol–water partition coefficient (Wildman–Crippen LogP) is 7.87. The Morgan fingerprint density at radius 1 is 0.553 bits per heavy atom. The number of aryl methyl sites for hydroxylation is 1. The summed E-state index contributed by atoms with van der Waals surface area (Å²) in [4.78, 5) is 0. The molecule has 38 heavy (non-hydrogen) atoms. The zero-order chi connectivity index (χ0) is 25.7. The number of hydrogen-bond acceptors (Lipinski definition) is 0. The van der Waals surface area contributed by atoms with E-state index in [-0.39, 0.29) is 0 Å². The fraction of sp³-hybridized carbons (Fsp3) is 0.0833. The number of nitrogens with zero attached hydrogens (tertiary/aromatic N) is 2. The number of aromatic nitrogens is 2. The van der Waals surface area contributed by atoms with Gasteiger partial charge in [0.2, 0.25) is 0 Å². The normalized spacial score (nSPS) is 13.2. The average Bonchev–Trinajstić information content (AvgIpc) is 3.45. The Balaban J connectivity index is 1.74. The van der Waals surface area contributed by atoms with Crippen LogP contribution in [0.1, 0.15) is 27.9 Å². The van der Waals surface area contributed by atoms with E-state index in [9.17, 15) is 0 Å². The van der Waals surface area contributed by atoms with Crippen molar-refractivity contribution in [2.75, 3.05) is 0 Å². The molecule has 6 aromatic rings. The van der Waals surface area contributed by atoms with Crippen LogP contribution in [0.15, 0.2) is 140 Å². The summed E-state index contributed by atoms with van der Waals surface area (Å²) in [7, 11) is 0. The van der Waals surface area contributed by atoms with E-state index in [4.69, 9.17) is 0 Å². The van der Waals surface area contributed by atoms with Gasteiger partial charge in [-0.1, -0.05) is 121 Å². The molecule has 0 spiro atoms. The second-order valence-corrected chi connectivity index (χ2v) is 10.1. The van der Waals surface area contributed by atoms with Crippen LogP contribution in [0.2, 0.25) is 0 Å². The average molecular weight is 490 g/mol. The molecule has 182 valence electrons. The van der Waals surface area contributed by atoms with Crippen molar-refractivity contribution >= 4 is 0 Å². The molecule has 0 unspecified atom stereocenters. The Labute approximate surface area is 224 Å². The number of benzene rings is 5. The van der Waals surface area contributed by atoms with Crippen molar-refractivity contribution in [3.05, 3.63) is 167 Å². The molecule has 0 atom stereocenters. The van der Waals surface area contributed by atoms with Crippen molar-refractivity contribution in [1.82, 2.24) is 4.57 Å². The molecule has 1 aliphatic rings. The number of imidazole rings is 1. The van der Waals surface area contributed by atoms with Crippen molar-refractivity contribution in [3.8, 4) is 28.3 Å². The van der Waals surface area contributed by atoms with Gasteiger partial charge >= 0.3 is 0 Å². The maximum atomic E-state index is 2.61. The van der Waals surface area contributed by atoms with Gasteiger partial charge in [-0.05, 0) is 30.7 Å². The van der Waals surface area contributed by atoms with E-state index in [1.165, 1.54) is 56.3 Å². The highest BCUT2D eigenvalue weighted by Gasteiger charge is 2.55. The highest BCUT2D eigenvalue weighted by molar-refractivity contribution is 5.76. The van der Waals surface area contributed by atoms with Crippen molar-refractivity contribution in [1.29, 1.82) is 0 Å². The van der Waals surface area contributed by atoms with E-state index in [2.05, 4.69) is 163 Å². The Morgan fingerprint density at radius 2 is 1.08 bits per heavy atom. The van der Waals surface area contributed by atoms with Crippen LogP contribution in [-0.4, -0.2) is 4.57 Å². The van der Waals surface area contributed by atoms with Gasteiger partial charge in [0.1, 0.15) is 5.69 Å². The molecule has 0 aliphatic carbocycles. The maximum absolute atomic E-state index is 2.61. The number of rotatable bonds is 4. The quantitative estimate of drug-likeness (QED) is 0.223. The van der Waals surface area contributed by atoms with Crippen molar-refractivity contribution < 1.29 is 4.57 Å². The van der Waals surface area contributed by atoms with Gasteiger partial charge in [-0.3, -0.25) is 0 Å². The first-order chi connectivity index (χ1) is 18.7. The lowest BCUT2D eigenvalue weighted by molar-refractivity contribution is -0.707. The van der Waals surface area contributed by atoms with E-state index in [0.717, 1.165) is 0 Å². The molecule has 1 aromatic heterocycles. The third-order valence-corrected chi connectivity index (χ3v) is 8.00. The topological polar surface area (TPSA) is 8.81 Å². The standard InChI is InChI=1S/C36H29N2/c1-26-16-12-15-25-33(26)37-27(2)34-31-23-13-14-24-32(31)36(29-19-8-4-9-20-29,30-21-10-5-11-22-30)38(34)35(37)28-17-6-3-7-18-28/h3-25H,1-2H3/q+1. The van der Waals surface area contributed by atoms with Gasteiger partial charge in [-0.15, -0.1) is 0 Å². The third kappa shape index (κ3) is 3.04. The lowest BCUT2D eigenvalue weighted by atomic mass is 9.77. The molecule has 0 bridgehead atoms. The van der Waals surface area contributed by atoms with Crippen molar-refractivity contribution in [2.45, 2.75) is 19.4 Å². The largest absolute Gasteiger partial charge is 0.296 e. The van der Waals surface area contributed by atoms with Gasteiger partial charge in [0.25, 0.3) is 5.82 Å². The van der Waals surface area contributed by atoms with E-state index in [0.29, 0.717) is 0 Å². The van der Waals surface area contributed by atoms with E-state index in [1.807, 2.05) is 0 Å². The van der Waals surface area contributed by atoms with Crippen molar-refractivity contribution in [2.24, 2.45) is 0 Å². The van der Waals surface area contributed by atoms with E-state index < -0.39 is 5.54 Å². The van der Waals surface area contributed by atoms with Gasteiger partial charge < -0.3 is 0 Å². The van der Waals surface area contributed by atoms with Crippen molar-refractivity contribution in [3.63, 3.8) is 0 Å². The van der Waals surface area contributed by atoms with Crippen LogP contribution >= 0.6 is 0 Å². The highest BCUT2D eigenvalue weighted by atomic mass is 15.2. The maximum Gasteiger partial charge on any atom is 0.296 e. The molecule has 0 radical (unpaired) electrons. The molecule has 0 amide bonds. The molecular weight excluding hydrogens is 460 g/mol. The number of fused-ring (bicyclic) bond motifs is 3. The van der Waals surface area contributed by atoms with Crippen LogP contribution in [-0.2, 0) is 5.54 Å². The molecule has 0 saturated heterocycles. The molecule has 2 heteroatoms. The fourth-order valence-corrected chi connectivity index (χ4v) is 6.45. The monoisotopic (exact) mass is 489 g/mol. The lowest BCUT2D eigenvalue weighted by Gasteiger charge is -2.31. The highest BCUT2D eigenvalue weighted by Crippen LogP contribution is 2.49. The van der Waals surface area contributed by atoms with Gasteiger partial charge in [-0.2, -0.15) is 4.57 Å². The van der Waals surface area contributed by atoms with E-state index >= 15 is 0 Å². The smallest absolute Gasteiger partial charge is 0.204 e. The van der Waals surface area contributed by atoms with Crippen LogP contribution in [0.25, 0.3) is 28.3 Å². The molecule has 1 aliphatic heterocycles. The van der Waals surface area contributed by atoms with Crippen LogP contribution in [0, 0.1) is 13.8 Å². The first-order valence-corrected chi connectivity index (χ1v) is 13.2. The molecule has 7 rings (SSSR count). The molecule has 0 fully saturated rings. The lowest BCUT2D eigenvalue weighted by Crippen LogP contribution is -2.57. The Hall–Kier alpha value is -4.69. The third-order valence-electron chi connectivity index (χ3n) is 8.00. The Morgan fingerprint density at radius 3 is 1.71 bits per heavy atom. The summed E-state index contributed by atoms with van der Waals surface area (Å²) in [6.07, 6.45) is 0. The zero-order valence-electron chi connectivity index (χ0n) is 21.7. The van der Waals surface area contributed by atoms with E-state index in [1.54, 1.807) is 0 Å². The first kappa shape index (κ1) is 22.5. The minimum Gasteiger partial charge on any atom is -0.204 e. The molecule has 2 nitrogen and oxygen atoms in total. The summed E-state index contributed by atoms with van der Waals surface area (Å²) in [6, 6.07) is 50.5. The van der Waals surface area contributed by atoms with Crippen LogP contribution in [0.3, 0.4) is 0 Å². The zero-order valence-corrected chi connectivity index (χ0v) is 21.7. The minimum absolute atomic E-state index is 0.529. The van der Waals surface area contributed by atoms with Crippen LogP contribution in [0.4, 0.5) is 0 Å². The molecule has 0 N–H and O–H groups in total. The predicted molar refractivity (Wildman–Crippen MR) is 154 cm³/mol. The van der Waals surface area contributed by atoms with Crippen LogP contribution < -0.4 is 4.57 Å². The summed E-state index contributed by atoms with van der Waals surface area (Å²) in [5.41, 5.74) is 10.7. The summed E-state index contributed by atoms with van der Waals surface area (Å²) >= 11 is 0. The summed E-state index contributed by atoms with van der Waals surface area (Å²) in [5.74, 6) is 1.18. The summed E-state index contributed by atoms with van der Waals surface area (Å²) < 4.78 is 5.08. The SMILES string of the molecule is Cc1ccccc1-n1c(C)c2[n+](c1-c1ccccc1)C(c1ccccc1)(c1ccccc1)c1ccccc1-2. The molecular formula is C36H29N2+. The second kappa shape index (κ2) is 8.71. The molecule has 5 aromatic carbocycles. The summed E-state index contributed by atoms with van der Waals surface area (Å²) in [6.45, 7) is 4.47. The molecule has 2 heterocycles. The number of para-hydroxylation sites is 1. The van der Waals surface area contributed by atoms with Gasteiger partial charge in [0.15, 0.2) is 16.9 Å². The Kier molecular flexibility index (Phi) is 5.16. The summed E-state index contributed by atoms with van der Waals surface area (Å²) in [5, 5.41) is 0. The molecule has 0 saturated carbocycles. The van der Waals surface area contributed by atoms with Crippen LogP contribution in [0.5, 0.6) is 0 Å². The fourth-order valence-electron chi connectivity index (χ4n) is 6.45. The first-order valence-electron chi connectivity index (χ1n) is 13.2. The second-order valence-electron chi connectivity index (χ2n) is 10.1. The Bertz CT molecular complexity index is 1720. The van der Waals surface area contributed by atoms with Gasteiger partial charge in [0.05, 0.1) is 5.56 Å². The number of hydrogen-bond donors (Lipinski definition) is 0.